The molecule has 2 amide bonds. The second-order valence-corrected chi connectivity index (χ2v) is 12.1. The van der Waals surface area contributed by atoms with Crippen molar-refractivity contribution in [2.24, 2.45) is 0 Å². The molecule has 0 fully saturated rings. The van der Waals surface area contributed by atoms with Gasteiger partial charge < -0.3 is 10.2 Å². The van der Waals surface area contributed by atoms with Gasteiger partial charge in [-0.2, -0.15) is 0 Å². The van der Waals surface area contributed by atoms with E-state index in [0.717, 1.165) is 23.8 Å². The molecule has 0 aliphatic heterocycles. The number of hydrogen-bond acceptors (Lipinski definition) is 4. The van der Waals surface area contributed by atoms with E-state index in [1.807, 2.05) is 39.8 Å². The maximum Gasteiger partial charge on any atom is 0.242 e. The van der Waals surface area contributed by atoms with Crippen LogP contribution in [0.15, 0.2) is 36.4 Å². The Morgan fingerprint density at radius 2 is 1.62 bits per heavy atom. The van der Waals surface area contributed by atoms with Crippen LogP contribution in [-0.4, -0.2) is 50.0 Å². The predicted molar refractivity (Wildman–Crippen MR) is 152 cm³/mol. The Labute approximate surface area is 231 Å². The lowest BCUT2D eigenvalue weighted by atomic mass is 10.1. The van der Waals surface area contributed by atoms with Crippen molar-refractivity contribution in [2.75, 3.05) is 17.1 Å². The Morgan fingerprint density at radius 1 is 1.03 bits per heavy atom. The minimum Gasteiger partial charge on any atom is -0.352 e. The number of nitrogens with zero attached hydrogens (tertiary/aromatic N) is 2. The zero-order chi connectivity index (χ0) is 27.9. The Bertz CT molecular complexity index is 1200. The number of hydrogen-bond donors (Lipinski definition) is 1. The first kappa shape index (κ1) is 30.9. The van der Waals surface area contributed by atoms with Crippen molar-refractivity contribution in [2.45, 2.75) is 72.5 Å². The Morgan fingerprint density at radius 3 is 2.19 bits per heavy atom. The number of carbonyl (C=O) groups is 2. The van der Waals surface area contributed by atoms with Crippen LogP contribution in [-0.2, 0) is 26.2 Å². The molecule has 0 aliphatic carbocycles. The van der Waals surface area contributed by atoms with Gasteiger partial charge in [-0.1, -0.05) is 48.3 Å². The number of carbonyl (C=O) groups excluding carboxylic acids is 2. The molecule has 0 unspecified atom stereocenters. The maximum absolute atomic E-state index is 13.5. The van der Waals surface area contributed by atoms with E-state index in [-0.39, 0.29) is 43.8 Å². The molecule has 0 saturated heterocycles. The van der Waals surface area contributed by atoms with Crippen molar-refractivity contribution in [3.8, 4) is 0 Å². The molecule has 2 atom stereocenters. The van der Waals surface area contributed by atoms with Gasteiger partial charge in [0.05, 0.1) is 11.9 Å². The molecule has 0 aliphatic rings. The first-order valence-corrected chi connectivity index (χ1v) is 14.9. The Hall–Kier alpha value is -2.29. The molecular weight excluding hydrogens is 533 g/mol. The number of aryl methyl sites for hydroxylation is 1. The summed E-state index contributed by atoms with van der Waals surface area (Å²) in [6.07, 6.45) is 2.22. The molecule has 2 rings (SSSR count). The van der Waals surface area contributed by atoms with Crippen LogP contribution in [0.4, 0.5) is 5.69 Å². The van der Waals surface area contributed by atoms with Crippen molar-refractivity contribution in [1.29, 1.82) is 0 Å². The average Bonchev–Trinajstić information content (AvgIpc) is 2.82. The fourth-order valence-electron chi connectivity index (χ4n) is 3.89. The summed E-state index contributed by atoms with van der Waals surface area (Å²) in [5.41, 5.74) is 2.99. The van der Waals surface area contributed by atoms with Crippen molar-refractivity contribution in [1.82, 2.24) is 10.2 Å². The molecule has 10 heteroatoms. The van der Waals surface area contributed by atoms with Crippen LogP contribution in [0.25, 0.3) is 0 Å². The lowest BCUT2D eigenvalue weighted by Gasteiger charge is -2.31. The fraction of sp³-hybridized carbons (Fsp3) is 0.481. The standard InChI is InChI=1S/C27H37Cl2N3O4S/c1-7-19(3)30-27(34)21(5)31(17-22-23(28)12-9-13-24(22)29)26(33)15-10-16-32(37(6,35)36)25-14-8-11-18(2)20(25)4/h8-9,11-14,19,21H,7,10,15-17H2,1-6H3,(H,30,34)/t19-,21-/m0/s1. The normalized spacial score (nSPS) is 13.1. The Balaban J connectivity index is 2.27. The lowest BCUT2D eigenvalue weighted by Crippen LogP contribution is -2.49. The molecule has 1 N–H and O–H groups in total. The summed E-state index contributed by atoms with van der Waals surface area (Å²) in [6.45, 7) is 9.51. The SMILES string of the molecule is CC[C@H](C)NC(=O)[C@H](C)N(Cc1c(Cl)cccc1Cl)C(=O)CCCN(c1cccc(C)c1C)S(C)(=O)=O. The highest BCUT2D eigenvalue weighted by molar-refractivity contribution is 7.92. The van der Waals surface area contributed by atoms with E-state index >= 15 is 0 Å². The lowest BCUT2D eigenvalue weighted by molar-refractivity contribution is -0.140. The number of rotatable bonds is 12. The summed E-state index contributed by atoms with van der Waals surface area (Å²) in [4.78, 5) is 27.8. The monoisotopic (exact) mass is 569 g/mol. The van der Waals surface area contributed by atoms with Gasteiger partial charge in [0.2, 0.25) is 21.8 Å². The summed E-state index contributed by atoms with van der Waals surface area (Å²) >= 11 is 12.7. The number of benzene rings is 2. The molecule has 0 bridgehead atoms. The molecule has 0 radical (unpaired) electrons. The van der Waals surface area contributed by atoms with Gasteiger partial charge in [0, 0.05) is 41.2 Å². The first-order chi connectivity index (χ1) is 17.3. The van der Waals surface area contributed by atoms with E-state index in [2.05, 4.69) is 5.32 Å². The largest absolute Gasteiger partial charge is 0.352 e. The maximum atomic E-state index is 13.5. The Kier molecular flexibility index (Phi) is 11.3. The minimum absolute atomic E-state index is 0.0416. The van der Waals surface area contributed by atoms with E-state index in [9.17, 15) is 18.0 Å². The van der Waals surface area contributed by atoms with Gasteiger partial charge in [-0.3, -0.25) is 13.9 Å². The highest BCUT2D eigenvalue weighted by atomic mass is 35.5. The van der Waals surface area contributed by atoms with Crippen LogP contribution in [0, 0.1) is 13.8 Å². The molecule has 0 aromatic heterocycles. The summed E-state index contributed by atoms with van der Waals surface area (Å²) in [5, 5.41) is 3.72. The van der Waals surface area contributed by atoms with Crippen LogP contribution in [0.1, 0.15) is 56.7 Å². The summed E-state index contributed by atoms with van der Waals surface area (Å²) < 4.78 is 26.5. The summed E-state index contributed by atoms with van der Waals surface area (Å²) in [7, 11) is -3.57. The smallest absolute Gasteiger partial charge is 0.242 e. The minimum atomic E-state index is -3.57. The van der Waals surface area contributed by atoms with Gasteiger partial charge in [-0.05, 0) is 69.9 Å². The van der Waals surface area contributed by atoms with E-state index in [4.69, 9.17) is 23.2 Å². The molecule has 0 heterocycles. The second-order valence-electron chi connectivity index (χ2n) is 9.37. The number of anilines is 1. The van der Waals surface area contributed by atoms with Gasteiger partial charge in [0.15, 0.2) is 0 Å². The molecule has 37 heavy (non-hydrogen) atoms. The van der Waals surface area contributed by atoms with Gasteiger partial charge in [-0.25, -0.2) is 8.42 Å². The van der Waals surface area contributed by atoms with Crippen molar-refractivity contribution >= 4 is 50.7 Å². The van der Waals surface area contributed by atoms with E-state index in [1.54, 1.807) is 31.2 Å². The second kappa shape index (κ2) is 13.5. The zero-order valence-corrected chi connectivity index (χ0v) is 24.7. The molecule has 2 aromatic rings. The van der Waals surface area contributed by atoms with Crippen LogP contribution in [0.2, 0.25) is 10.0 Å². The number of sulfonamides is 1. The average molecular weight is 571 g/mol. The third-order valence-electron chi connectivity index (χ3n) is 6.56. The first-order valence-electron chi connectivity index (χ1n) is 12.3. The quantitative estimate of drug-likeness (QED) is 0.366. The van der Waals surface area contributed by atoms with Gasteiger partial charge >= 0.3 is 0 Å². The van der Waals surface area contributed by atoms with E-state index in [1.165, 1.54) is 9.21 Å². The fourth-order valence-corrected chi connectivity index (χ4v) is 5.42. The predicted octanol–water partition coefficient (Wildman–Crippen LogP) is 5.49. The molecule has 7 nitrogen and oxygen atoms in total. The van der Waals surface area contributed by atoms with Gasteiger partial charge in [0.25, 0.3) is 0 Å². The molecule has 2 aromatic carbocycles. The topological polar surface area (TPSA) is 86.8 Å². The molecule has 0 spiro atoms. The third kappa shape index (κ3) is 8.35. The number of halogens is 2. The third-order valence-corrected chi connectivity index (χ3v) is 8.44. The zero-order valence-electron chi connectivity index (χ0n) is 22.3. The van der Waals surface area contributed by atoms with E-state index < -0.39 is 16.1 Å². The molecule has 204 valence electrons. The van der Waals surface area contributed by atoms with Gasteiger partial charge in [0.1, 0.15) is 6.04 Å². The van der Waals surface area contributed by atoms with Crippen molar-refractivity contribution in [3.63, 3.8) is 0 Å². The highest BCUT2D eigenvalue weighted by Crippen LogP contribution is 2.28. The van der Waals surface area contributed by atoms with Crippen molar-refractivity contribution < 1.29 is 18.0 Å². The van der Waals surface area contributed by atoms with Crippen LogP contribution in [0.3, 0.4) is 0 Å². The number of nitrogens with one attached hydrogen (secondary N) is 1. The molecular formula is C27H37Cl2N3O4S. The number of amides is 2. The van der Waals surface area contributed by atoms with Crippen LogP contribution < -0.4 is 9.62 Å². The summed E-state index contributed by atoms with van der Waals surface area (Å²) in [5.74, 6) is -0.573. The highest BCUT2D eigenvalue weighted by Gasteiger charge is 2.28. The van der Waals surface area contributed by atoms with E-state index in [0.29, 0.717) is 21.3 Å². The van der Waals surface area contributed by atoms with Crippen LogP contribution >= 0.6 is 23.2 Å². The molecule has 0 saturated carbocycles. The van der Waals surface area contributed by atoms with Crippen molar-refractivity contribution in [3.05, 3.63) is 63.1 Å². The van der Waals surface area contributed by atoms with Crippen LogP contribution in [0.5, 0.6) is 0 Å². The van der Waals surface area contributed by atoms with Gasteiger partial charge in [-0.15, -0.1) is 0 Å². The summed E-state index contributed by atoms with van der Waals surface area (Å²) in [6, 6.07) is 9.76.